The Morgan fingerprint density at radius 3 is 2.50 bits per heavy atom. The second kappa shape index (κ2) is 13.0. The summed E-state index contributed by atoms with van der Waals surface area (Å²) >= 11 is 0. The van der Waals surface area contributed by atoms with Crippen molar-refractivity contribution >= 4 is 28.7 Å². The average molecular weight is 611 g/mol. The number of allylic oxidation sites excluding steroid dienone is 2. The molecular weight excluding hydrogens is 572 g/mol. The summed E-state index contributed by atoms with van der Waals surface area (Å²) in [6, 6.07) is 7.98. The molecule has 4 N–H and O–H groups in total. The Hall–Kier alpha value is -4.55. The number of carbonyl (C=O) groups excluding carboxylic acids is 2. The molecule has 3 aromatic rings. The molecule has 2 heterocycles. The molecule has 1 saturated heterocycles. The molecule has 1 aliphatic heterocycles. The van der Waals surface area contributed by atoms with E-state index in [4.69, 9.17) is 33.8 Å². The highest BCUT2D eigenvalue weighted by Crippen LogP contribution is 2.38. The number of anilines is 1. The van der Waals surface area contributed by atoms with E-state index in [0.717, 1.165) is 11.1 Å². The van der Waals surface area contributed by atoms with Crippen LogP contribution in [0.3, 0.4) is 0 Å². The number of aromatic hydroxyl groups is 1. The maximum Gasteiger partial charge on any atom is 0.404 e. The molecule has 1 fully saturated rings. The minimum atomic E-state index is -0.952. The third kappa shape index (κ3) is 6.81. The van der Waals surface area contributed by atoms with Crippen LogP contribution in [0.25, 0.3) is 11.0 Å². The molecule has 0 radical (unpaired) electrons. The van der Waals surface area contributed by atoms with Gasteiger partial charge in [0.1, 0.15) is 29.3 Å². The summed E-state index contributed by atoms with van der Waals surface area (Å²) in [4.78, 5) is 37.6. The van der Waals surface area contributed by atoms with Gasteiger partial charge >= 0.3 is 11.7 Å². The fourth-order valence-corrected chi connectivity index (χ4v) is 5.31. The Balaban J connectivity index is 1.61. The standard InChI is InChI=1S/C32H38N2O10/c1-16(2)8-9-18-14-19(10-12-22(18)39-6)29(36)34-25-26(35)20-11-13-21(17(3)27(20)43-30(25)37)41-24-15-23(42-31(33)38)28(40-7)32(4,5)44-24/h8,10-14,23-24,28,35H,9,15H2,1-7H3,(H2,33,38)(H,34,36)/t23-,24+,28+/m0/s1. The lowest BCUT2D eigenvalue weighted by atomic mass is 9.91. The molecule has 0 aliphatic carbocycles. The van der Waals surface area contributed by atoms with Gasteiger partial charge < -0.3 is 44.3 Å². The summed E-state index contributed by atoms with van der Waals surface area (Å²) in [5.74, 6) is -0.139. The summed E-state index contributed by atoms with van der Waals surface area (Å²) in [7, 11) is 3.03. The van der Waals surface area contributed by atoms with Crippen molar-refractivity contribution in [3.63, 3.8) is 0 Å². The van der Waals surface area contributed by atoms with Crippen molar-refractivity contribution in [1.29, 1.82) is 0 Å². The van der Waals surface area contributed by atoms with Crippen molar-refractivity contribution in [2.45, 2.75) is 71.6 Å². The van der Waals surface area contributed by atoms with Gasteiger partial charge in [-0.1, -0.05) is 11.6 Å². The zero-order valence-electron chi connectivity index (χ0n) is 25.8. The number of ether oxygens (including phenoxy) is 5. The lowest BCUT2D eigenvalue weighted by molar-refractivity contribution is -0.263. The van der Waals surface area contributed by atoms with Crippen molar-refractivity contribution in [2.75, 3.05) is 19.5 Å². The first-order chi connectivity index (χ1) is 20.7. The smallest absolute Gasteiger partial charge is 0.404 e. The Labute approximate surface area is 254 Å². The third-order valence-corrected chi connectivity index (χ3v) is 7.42. The number of methoxy groups -OCH3 is 2. The molecule has 0 unspecified atom stereocenters. The number of hydrogen-bond acceptors (Lipinski definition) is 10. The van der Waals surface area contributed by atoms with Gasteiger partial charge in [0.05, 0.1) is 18.1 Å². The molecule has 12 heteroatoms. The number of primary amides is 1. The number of hydrogen-bond donors (Lipinski definition) is 3. The highest BCUT2D eigenvalue weighted by molar-refractivity contribution is 6.06. The first-order valence-corrected chi connectivity index (χ1v) is 14.0. The van der Waals surface area contributed by atoms with Crippen LogP contribution in [0.4, 0.5) is 10.5 Å². The topological polar surface area (TPSA) is 169 Å². The average Bonchev–Trinajstić information content (AvgIpc) is 2.94. The Morgan fingerprint density at radius 2 is 1.86 bits per heavy atom. The molecule has 1 aromatic heterocycles. The molecule has 236 valence electrons. The maximum atomic E-state index is 13.1. The molecule has 2 amide bonds. The first-order valence-electron chi connectivity index (χ1n) is 14.0. The summed E-state index contributed by atoms with van der Waals surface area (Å²) < 4.78 is 33.9. The number of rotatable bonds is 9. The number of amides is 2. The van der Waals surface area contributed by atoms with Crippen molar-refractivity contribution in [1.82, 2.24) is 0 Å². The molecule has 12 nitrogen and oxygen atoms in total. The SMILES string of the molecule is COc1ccc(C(=O)Nc2c(O)c3ccc(O[C@H]4C[C@H](OC(N)=O)[C@@H](OC)C(C)(C)O4)c(C)c3oc2=O)cc1CC=C(C)C. The monoisotopic (exact) mass is 610 g/mol. The van der Waals surface area contributed by atoms with E-state index < -0.39 is 53.2 Å². The quantitative estimate of drug-likeness (QED) is 0.222. The maximum absolute atomic E-state index is 13.1. The Morgan fingerprint density at radius 1 is 1.16 bits per heavy atom. The molecule has 0 saturated carbocycles. The number of nitrogens with one attached hydrogen (secondary N) is 1. The van der Waals surface area contributed by atoms with Gasteiger partial charge in [-0.25, -0.2) is 9.59 Å². The Bertz CT molecular complexity index is 1650. The minimum absolute atomic E-state index is 0.0613. The largest absolute Gasteiger partial charge is 0.505 e. The van der Waals surface area contributed by atoms with Crippen molar-refractivity contribution in [3.8, 4) is 17.2 Å². The van der Waals surface area contributed by atoms with Crippen LogP contribution in [-0.4, -0.2) is 55.4 Å². The molecule has 1 aliphatic rings. The summed E-state index contributed by atoms with van der Waals surface area (Å²) in [6.45, 7) is 9.13. The highest BCUT2D eigenvalue weighted by atomic mass is 16.7. The van der Waals surface area contributed by atoms with Gasteiger partial charge in [-0.3, -0.25) is 4.79 Å². The molecule has 3 atom stereocenters. The van der Waals surface area contributed by atoms with E-state index in [9.17, 15) is 19.5 Å². The second-order valence-electron chi connectivity index (χ2n) is 11.3. The first kappa shape index (κ1) is 32.4. The minimum Gasteiger partial charge on any atom is -0.505 e. The number of carbonyl (C=O) groups is 2. The fourth-order valence-electron chi connectivity index (χ4n) is 5.31. The summed E-state index contributed by atoms with van der Waals surface area (Å²) in [5, 5.41) is 13.7. The highest BCUT2D eigenvalue weighted by Gasteiger charge is 2.47. The molecule has 44 heavy (non-hydrogen) atoms. The predicted octanol–water partition coefficient (Wildman–Crippen LogP) is 4.96. The van der Waals surface area contributed by atoms with Crippen LogP contribution in [0.1, 0.15) is 55.6 Å². The number of fused-ring (bicyclic) bond motifs is 1. The fraction of sp³-hybridized carbons (Fsp3) is 0.406. The van der Waals surface area contributed by atoms with Gasteiger partial charge in [0.2, 0.25) is 6.29 Å². The van der Waals surface area contributed by atoms with Crippen LogP contribution in [0.15, 0.2) is 51.2 Å². The third-order valence-electron chi connectivity index (χ3n) is 7.42. The van der Waals surface area contributed by atoms with E-state index in [-0.39, 0.29) is 23.0 Å². The normalized spacial score (nSPS) is 19.2. The van der Waals surface area contributed by atoms with E-state index in [0.29, 0.717) is 23.5 Å². The predicted molar refractivity (Wildman–Crippen MR) is 162 cm³/mol. The van der Waals surface area contributed by atoms with Crippen molar-refractivity contribution in [2.24, 2.45) is 5.73 Å². The van der Waals surface area contributed by atoms with Crippen LogP contribution in [0, 0.1) is 6.92 Å². The van der Waals surface area contributed by atoms with E-state index in [1.165, 1.54) is 13.2 Å². The van der Waals surface area contributed by atoms with Crippen LogP contribution < -0.4 is 26.1 Å². The molecule has 0 bridgehead atoms. The number of nitrogens with two attached hydrogens (primary N) is 1. The summed E-state index contributed by atoms with van der Waals surface area (Å²) in [5.41, 5.74) is 5.64. The van der Waals surface area contributed by atoms with E-state index >= 15 is 0 Å². The molecule has 2 aromatic carbocycles. The van der Waals surface area contributed by atoms with Crippen molar-refractivity contribution in [3.05, 3.63) is 69.1 Å². The second-order valence-corrected chi connectivity index (χ2v) is 11.3. The summed E-state index contributed by atoms with van der Waals surface area (Å²) in [6.07, 6.45) is -0.492. The zero-order valence-corrected chi connectivity index (χ0v) is 25.8. The van der Waals surface area contributed by atoms with Gasteiger partial charge in [-0.15, -0.1) is 0 Å². The van der Waals surface area contributed by atoms with Gasteiger partial charge in [0.25, 0.3) is 5.91 Å². The lowest BCUT2D eigenvalue weighted by Gasteiger charge is -2.45. The van der Waals surface area contributed by atoms with Crippen LogP contribution >= 0.6 is 0 Å². The van der Waals surface area contributed by atoms with Gasteiger partial charge in [-0.2, -0.15) is 0 Å². The number of aryl methyl sites for hydroxylation is 1. The van der Waals surface area contributed by atoms with Gasteiger partial charge in [0.15, 0.2) is 11.4 Å². The van der Waals surface area contributed by atoms with Crippen LogP contribution in [0.2, 0.25) is 0 Å². The van der Waals surface area contributed by atoms with E-state index in [2.05, 4.69) is 5.32 Å². The van der Waals surface area contributed by atoms with Crippen LogP contribution in [0.5, 0.6) is 17.2 Å². The van der Waals surface area contributed by atoms with Crippen LogP contribution in [-0.2, 0) is 20.6 Å². The zero-order chi connectivity index (χ0) is 32.3. The molecule has 4 rings (SSSR count). The van der Waals surface area contributed by atoms with Gasteiger partial charge in [-0.05, 0) is 76.9 Å². The van der Waals surface area contributed by atoms with Gasteiger partial charge in [0, 0.05) is 24.7 Å². The molecular formula is C32H38N2O10. The number of benzene rings is 2. The van der Waals surface area contributed by atoms with Crippen molar-refractivity contribution < 1.29 is 42.8 Å². The lowest BCUT2D eigenvalue weighted by Crippen LogP contribution is -2.58. The van der Waals surface area contributed by atoms with E-state index in [1.54, 1.807) is 52.1 Å². The Kier molecular flexibility index (Phi) is 9.55. The van der Waals surface area contributed by atoms with E-state index in [1.807, 2.05) is 19.9 Å². The molecule has 0 spiro atoms.